The molecule has 1 aromatic heterocycles. The van der Waals surface area contributed by atoms with Gasteiger partial charge in [0.25, 0.3) is 0 Å². The summed E-state index contributed by atoms with van der Waals surface area (Å²) in [5, 5.41) is 9.17. The molecule has 5 rings (SSSR count). The van der Waals surface area contributed by atoms with Crippen molar-refractivity contribution in [2.45, 2.75) is 18.8 Å². The van der Waals surface area contributed by atoms with Gasteiger partial charge in [0.05, 0.1) is 11.6 Å². The third kappa shape index (κ3) is 3.99. The Morgan fingerprint density at radius 3 is 2.74 bits per heavy atom. The molecule has 31 heavy (non-hydrogen) atoms. The molecule has 2 heterocycles. The maximum absolute atomic E-state index is 13.2. The fourth-order valence-corrected chi connectivity index (χ4v) is 4.01. The number of likely N-dealkylation sites (tertiary alicyclic amines) is 1. The van der Waals surface area contributed by atoms with E-state index in [1.54, 1.807) is 17.0 Å². The maximum atomic E-state index is 13.2. The van der Waals surface area contributed by atoms with E-state index < -0.39 is 0 Å². The number of anilines is 1. The van der Waals surface area contributed by atoms with Crippen LogP contribution in [-0.4, -0.2) is 34.2 Å². The van der Waals surface area contributed by atoms with E-state index in [0.717, 1.165) is 29.3 Å². The van der Waals surface area contributed by atoms with Gasteiger partial charge in [-0.2, -0.15) is 4.98 Å². The van der Waals surface area contributed by atoms with Crippen molar-refractivity contribution in [3.63, 3.8) is 0 Å². The normalized spacial score (nSPS) is 16.4. The van der Waals surface area contributed by atoms with Crippen LogP contribution in [0.2, 0.25) is 0 Å². The van der Waals surface area contributed by atoms with Gasteiger partial charge in [0.1, 0.15) is 5.82 Å². The van der Waals surface area contributed by atoms with Gasteiger partial charge in [-0.1, -0.05) is 41.6 Å². The lowest BCUT2D eigenvalue weighted by Gasteiger charge is -2.31. The van der Waals surface area contributed by atoms with Gasteiger partial charge in [-0.25, -0.2) is 9.18 Å². The van der Waals surface area contributed by atoms with Crippen molar-refractivity contribution in [3.8, 4) is 11.4 Å². The van der Waals surface area contributed by atoms with Crippen LogP contribution >= 0.6 is 0 Å². The van der Waals surface area contributed by atoms with Crippen molar-refractivity contribution in [1.82, 2.24) is 15.0 Å². The number of carbonyl (C=O) groups excluding carboxylic acids is 1. The second-order valence-corrected chi connectivity index (χ2v) is 7.71. The number of halogens is 1. The predicted octanol–water partition coefficient (Wildman–Crippen LogP) is 5.44. The molecule has 6 nitrogen and oxygen atoms in total. The van der Waals surface area contributed by atoms with Crippen molar-refractivity contribution < 1.29 is 13.7 Å². The van der Waals surface area contributed by atoms with Crippen LogP contribution < -0.4 is 5.32 Å². The third-order valence-electron chi connectivity index (χ3n) is 5.63. The summed E-state index contributed by atoms with van der Waals surface area (Å²) >= 11 is 0. The van der Waals surface area contributed by atoms with Crippen molar-refractivity contribution in [1.29, 1.82) is 0 Å². The summed E-state index contributed by atoms with van der Waals surface area (Å²) in [6.45, 7) is 1.17. The average molecular weight is 416 g/mol. The van der Waals surface area contributed by atoms with Crippen LogP contribution in [0.5, 0.6) is 0 Å². The summed E-state index contributed by atoms with van der Waals surface area (Å²) in [4.78, 5) is 19.2. The van der Waals surface area contributed by atoms with E-state index in [0.29, 0.717) is 30.4 Å². The minimum atomic E-state index is -0.312. The molecule has 4 aromatic rings. The molecule has 156 valence electrons. The standard InChI is InChI=1S/C24H21FN4O2/c25-19-12-10-17(11-13-19)22-27-23(31-28-22)18-7-4-14-29(15-18)24(30)26-21-9-3-6-16-5-1-2-8-20(16)21/h1-3,5-6,8-13,18H,4,7,14-15H2,(H,26,30). The van der Waals surface area contributed by atoms with E-state index in [9.17, 15) is 9.18 Å². The monoisotopic (exact) mass is 416 g/mol. The van der Waals surface area contributed by atoms with Gasteiger partial charge >= 0.3 is 6.03 Å². The zero-order chi connectivity index (χ0) is 21.2. The molecular weight excluding hydrogens is 395 g/mol. The molecule has 1 fully saturated rings. The molecule has 2 amide bonds. The topological polar surface area (TPSA) is 71.3 Å². The van der Waals surface area contributed by atoms with Crippen molar-refractivity contribution in [3.05, 3.63) is 78.4 Å². The number of hydrogen-bond donors (Lipinski definition) is 1. The fraction of sp³-hybridized carbons (Fsp3) is 0.208. The van der Waals surface area contributed by atoms with Crippen LogP contribution in [0.15, 0.2) is 71.3 Å². The molecule has 0 bridgehead atoms. The molecule has 0 saturated carbocycles. The lowest BCUT2D eigenvalue weighted by atomic mass is 9.98. The highest BCUT2D eigenvalue weighted by Crippen LogP contribution is 2.29. The number of rotatable bonds is 3. The fourth-order valence-electron chi connectivity index (χ4n) is 4.01. The van der Waals surface area contributed by atoms with E-state index in [-0.39, 0.29) is 17.8 Å². The Morgan fingerprint density at radius 1 is 1.06 bits per heavy atom. The Labute approximate surface area is 178 Å². The van der Waals surface area contributed by atoms with E-state index in [1.165, 1.54) is 12.1 Å². The number of amides is 2. The van der Waals surface area contributed by atoms with Gasteiger partial charge in [-0.3, -0.25) is 0 Å². The molecule has 0 spiro atoms. The van der Waals surface area contributed by atoms with E-state index >= 15 is 0 Å². The smallest absolute Gasteiger partial charge is 0.321 e. The first-order valence-electron chi connectivity index (χ1n) is 10.3. The highest BCUT2D eigenvalue weighted by atomic mass is 19.1. The van der Waals surface area contributed by atoms with Gasteiger partial charge in [0, 0.05) is 24.0 Å². The summed E-state index contributed by atoms with van der Waals surface area (Å²) in [6, 6.07) is 19.7. The lowest BCUT2D eigenvalue weighted by Crippen LogP contribution is -2.41. The number of piperidine rings is 1. The number of benzene rings is 3. The molecule has 1 atom stereocenters. The number of nitrogens with one attached hydrogen (secondary N) is 1. The van der Waals surface area contributed by atoms with Gasteiger partial charge in [-0.15, -0.1) is 0 Å². The first-order chi connectivity index (χ1) is 15.2. The van der Waals surface area contributed by atoms with E-state index in [2.05, 4.69) is 15.5 Å². The van der Waals surface area contributed by atoms with Crippen LogP contribution in [-0.2, 0) is 0 Å². The highest BCUT2D eigenvalue weighted by Gasteiger charge is 2.29. The second-order valence-electron chi connectivity index (χ2n) is 7.71. The quantitative estimate of drug-likeness (QED) is 0.483. The first kappa shape index (κ1) is 19.2. The number of carbonyl (C=O) groups is 1. The molecular formula is C24H21FN4O2. The molecule has 0 aliphatic carbocycles. The van der Waals surface area contributed by atoms with Gasteiger partial charge < -0.3 is 14.7 Å². The Bertz CT molecular complexity index is 1220. The summed E-state index contributed by atoms with van der Waals surface area (Å²) in [5.74, 6) is 0.579. The second kappa shape index (κ2) is 8.18. The van der Waals surface area contributed by atoms with Crippen LogP contribution in [0.1, 0.15) is 24.7 Å². The van der Waals surface area contributed by atoms with Gasteiger partial charge in [-0.05, 0) is 48.6 Å². The Balaban J connectivity index is 1.30. The van der Waals surface area contributed by atoms with E-state index in [1.807, 2.05) is 42.5 Å². The van der Waals surface area contributed by atoms with Crippen LogP contribution in [0.4, 0.5) is 14.9 Å². The summed E-state index contributed by atoms with van der Waals surface area (Å²) < 4.78 is 18.6. The van der Waals surface area contributed by atoms with Crippen LogP contribution in [0, 0.1) is 5.82 Å². The van der Waals surface area contributed by atoms with Crippen molar-refractivity contribution in [2.24, 2.45) is 0 Å². The maximum Gasteiger partial charge on any atom is 0.321 e. The zero-order valence-corrected chi connectivity index (χ0v) is 16.8. The number of fused-ring (bicyclic) bond motifs is 1. The van der Waals surface area contributed by atoms with Crippen LogP contribution in [0.3, 0.4) is 0 Å². The predicted molar refractivity (Wildman–Crippen MR) is 116 cm³/mol. The van der Waals surface area contributed by atoms with Crippen molar-refractivity contribution in [2.75, 3.05) is 18.4 Å². The zero-order valence-electron chi connectivity index (χ0n) is 16.8. The molecule has 1 aliphatic heterocycles. The Morgan fingerprint density at radius 2 is 1.87 bits per heavy atom. The van der Waals surface area contributed by atoms with Gasteiger partial charge in [0.2, 0.25) is 11.7 Å². The number of nitrogens with zero attached hydrogens (tertiary/aromatic N) is 3. The lowest BCUT2D eigenvalue weighted by molar-refractivity contribution is 0.184. The minimum absolute atomic E-state index is 0.0336. The average Bonchev–Trinajstić information content (AvgIpc) is 3.30. The number of hydrogen-bond acceptors (Lipinski definition) is 4. The Hall–Kier alpha value is -3.74. The molecule has 1 N–H and O–H groups in total. The number of aromatic nitrogens is 2. The SMILES string of the molecule is O=C(Nc1cccc2ccccc12)N1CCCC(c2nc(-c3ccc(F)cc3)no2)C1. The summed E-state index contributed by atoms with van der Waals surface area (Å²) in [5.41, 5.74) is 1.49. The summed E-state index contributed by atoms with van der Waals surface area (Å²) in [7, 11) is 0. The molecule has 1 aliphatic rings. The summed E-state index contributed by atoms with van der Waals surface area (Å²) in [6.07, 6.45) is 1.71. The first-order valence-corrected chi connectivity index (χ1v) is 10.3. The number of urea groups is 1. The molecule has 3 aromatic carbocycles. The highest BCUT2D eigenvalue weighted by molar-refractivity contribution is 6.01. The third-order valence-corrected chi connectivity index (χ3v) is 5.63. The largest absolute Gasteiger partial charge is 0.339 e. The molecule has 1 unspecified atom stereocenters. The molecule has 7 heteroatoms. The van der Waals surface area contributed by atoms with Crippen molar-refractivity contribution >= 4 is 22.5 Å². The molecule has 0 radical (unpaired) electrons. The van der Waals surface area contributed by atoms with Crippen LogP contribution in [0.25, 0.3) is 22.2 Å². The van der Waals surface area contributed by atoms with Gasteiger partial charge in [0.15, 0.2) is 0 Å². The minimum Gasteiger partial charge on any atom is -0.339 e. The molecule has 1 saturated heterocycles. The van der Waals surface area contributed by atoms with E-state index in [4.69, 9.17) is 4.52 Å². The Kier molecular flexibility index (Phi) is 5.08.